The van der Waals surface area contributed by atoms with Gasteiger partial charge in [-0.2, -0.15) is 0 Å². The van der Waals surface area contributed by atoms with Crippen molar-refractivity contribution >= 4 is 22.4 Å². The lowest BCUT2D eigenvalue weighted by molar-refractivity contribution is -0.383. The van der Waals surface area contributed by atoms with Gasteiger partial charge in [0, 0.05) is 28.8 Å². The van der Waals surface area contributed by atoms with E-state index in [1.54, 1.807) is 24.3 Å². The molecule has 5 heteroatoms. The SMILES string of the molecule is Cc1ccccc1C(=O)c1c[nH]c2c([N+](=O)[O-])cccc12. The van der Waals surface area contributed by atoms with E-state index in [1.165, 1.54) is 12.3 Å². The summed E-state index contributed by atoms with van der Waals surface area (Å²) in [4.78, 5) is 26.0. The summed E-state index contributed by atoms with van der Waals surface area (Å²) in [5.74, 6) is -0.139. The number of aryl methyl sites for hydroxylation is 1. The Morgan fingerprint density at radius 1 is 1.10 bits per heavy atom. The third kappa shape index (κ3) is 2.08. The lowest BCUT2D eigenvalue weighted by Crippen LogP contribution is -2.02. The number of aromatic nitrogens is 1. The van der Waals surface area contributed by atoms with E-state index in [1.807, 2.05) is 19.1 Å². The maximum atomic E-state index is 12.6. The highest BCUT2D eigenvalue weighted by molar-refractivity contribution is 6.17. The van der Waals surface area contributed by atoms with Crippen molar-refractivity contribution in [1.29, 1.82) is 0 Å². The molecule has 0 aliphatic carbocycles. The van der Waals surface area contributed by atoms with Crippen molar-refractivity contribution in [2.45, 2.75) is 6.92 Å². The van der Waals surface area contributed by atoms with Crippen molar-refractivity contribution in [1.82, 2.24) is 4.98 Å². The van der Waals surface area contributed by atoms with Crippen LogP contribution < -0.4 is 0 Å². The van der Waals surface area contributed by atoms with Crippen LogP contribution in [0.5, 0.6) is 0 Å². The Kier molecular flexibility index (Phi) is 3.02. The minimum Gasteiger partial charge on any atom is -0.355 e. The van der Waals surface area contributed by atoms with Crippen LogP contribution in [0.15, 0.2) is 48.7 Å². The Balaban J connectivity index is 2.18. The van der Waals surface area contributed by atoms with Gasteiger partial charge in [0.05, 0.1) is 4.92 Å². The summed E-state index contributed by atoms with van der Waals surface area (Å²) in [5, 5.41) is 11.6. The molecule has 0 unspecified atom stereocenters. The van der Waals surface area contributed by atoms with Gasteiger partial charge >= 0.3 is 0 Å². The van der Waals surface area contributed by atoms with Crippen molar-refractivity contribution in [2.24, 2.45) is 0 Å². The number of para-hydroxylation sites is 1. The quantitative estimate of drug-likeness (QED) is 0.452. The lowest BCUT2D eigenvalue weighted by Gasteiger charge is -2.03. The molecule has 1 N–H and O–H groups in total. The molecule has 1 heterocycles. The van der Waals surface area contributed by atoms with E-state index in [0.717, 1.165) is 5.56 Å². The van der Waals surface area contributed by atoms with Crippen molar-refractivity contribution in [3.63, 3.8) is 0 Å². The first-order valence-corrected chi connectivity index (χ1v) is 6.44. The molecule has 0 amide bonds. The molecule has 0 atom stereocenters. The average molecular weight is 280 g/mol. The Bertz CT molecular complexity index is 865. The number of nitrogens with one attached hydrogen (secondary N) is 1. The molecule has 0 saturated carbocycles. The topological polar surface area (TPSA) is 76.0 Å². The number of rotatable bonds is 3. The number of H-pyrrole nitrogens is 1. The first-order valence-electron chi connectivity index (χ1n) is 6.44. The molecule has 3 rings (SSSR count). The second-order valence-electron chi connectivity index (χ2n) is 4.80. The van der Waals surface area contributed by atoms with Gasteiger partial charge in [-0.1, -0.05) is 36.4 Å². The van der Waals surface area contributed by atoms with Gasteiger partial charge in [0.15, 0.2) is 5.78 Å². The Morgan fingerprint density at radius 2 is 1.86 bits per heavy atom. The number of carbonyl (C=O) groups excluding carboxylic acids is 1. The third-order valence-corrected chi connectivity index (χ3v) is 3.52. The van der Waals surface area contributed by atoms with Crippen molar-refractivity contribution < 1.29 is 9.72 Å². The third-order valence-electron chi connectivity index (χ3n) is 3.52. The highest BCUT2D eigenvalue weighted by Gasteiger charge is 2.20. The molecule has 3 aromatic rings. The zero-order valence-electron chi connectivity index (χ0n) is 11.3. The minimum atomic E-state index is -0.457. The van der Waals surface area contributed by atoms with E-state index in [-0.39, 0.29) is 11.5 Å². The van der Waals surface area contributed by atoms with Crippen LogP contribution in [0.2, 0.25) is 0 Å². The number of nitro benzene ring substituents is 1. The fourth-order valence-electron chi connectivity index (χ4n) is 2.45. The molecule has 0 aliphatic heterocycles. The standard InChI is InChI=1S/C16H12N2O3/c1-10-5-2-3-6-11(10)16(19)13-9-17-15-12(13)7-4-8-14(15)18(20)21/h2-9,17H,1H3. The molecule has 104 valence electrons. The predicted octanol–water partition coefficient (Wildman–Crippen LogP) is 3.62. The second-order valence-corrected chi connectivity index (χ2v) is 4.80. The van der Waals surface area contributed by atoms with Crippen LogP contribution in [0.25, 0.3) is 10.9 Å². The van der Waals surface area contributed by atoms with Crippen LogP contribution in [0, 0.1) is 17.0 Å². The number of nitrogens with zero attached hydrogens (tertiary/aromatic N) is 1. The monoisotopic (exact) mass is 280 g/mol. The zero-order chi connectivity index (χ0) is 15.0. The number of hydrogen-bond donors (Lipinski definition) is 1. The van der Waals surface area contributed by atoms with Crippen LogP contribution in [0.3, 0.4) is 0 Å². The highest BCUT2D eigenvalue weighted by atomic mass is 16.6. The van der Waals surface area contributed by atoms with Gasteiger partial charge in [0.25, 0.3) is 5.69 Å². The molecule has 1 aromatic heterocycles. The van der Waals surface area contributed by atoms with Crippen LogP contribution in [-0.2, 0) is 0 Å². The smallest absolute Gasteiger partial charge is 0.293 e. The second kappa shape index (κ2) is 4.86. The fourth-order valence-corrected chi connectivity index (χ4v) is 2.45. The molecule has 0 fully saturated rings. The van der Waals surface area contributed by atoms with Gasteiger partial charge in [-0.3, -0.25) is 14.9 Å². The molecule has 0 bridgehead atoms. The van der Waals surface area contributed by atoms with Crippen molar-refractivity contribution in [3.05, 3.63) is 75.5 Å². The lowest BCUT2D eigenvalue weighted by atomic mass is 9.99. The summed E-state index contributed by atoms with van der Waals surface area (Å²) in [6.07, 6.45) is 1.53. The Labute approximate surface area is 120 Å². The van der Waals surface area contributed by atoms with Crippen LogP contribution in [0.1, 0.15) is 21.5 Å². The number of hydrogen-bond acceptors (Lipinski definition) is 3. The number of aromatic amines is 1. The molecule has 5 nitrogen and oxygen atoms in total. The van der Waals surface area contributed by atoms with E-state index in [4.69, 9.17) is 0 Å². The predicted molar refractivity (Wildman–Crippen MR) is 79.6 cm³/mol. The van der Waals surface area contributed by atoms with E-state index in [9.17, 15) is 14.9 Å². The summed E-state index contributed by atoms with van der Waals surface area (Å²) in [7, 11) is 0. The molecule has 0 aliphatic rings. The van der Waals surface area contributed by atoms with E-state index in [0.29, 0.717) is 22.0 Å². The number of nitro groups is 1. The van der Waals surface area contributed by atoms with Gasteiger partial charge in [-0.05, 0) is 12.5 Å². The molecule has 0 radical (unpaired) electrons. The minimum absolute atomic E-state index is 0.0312. The maximum Gasteiger partial charge on any atom is 0.293 e. The largest absolute Gasteiger partial charge is 0.355 e. The zero-order valence-corrected chi connectivity index (χ0v) is 11.3. The Morgan fingerprint density at radius 3 is 2.57 bits per heavy atom. The van der Waals surface area contributed by atoms with Crippen LogP contribution >= 0.6 is 0 Å². The molecule has 21 heavy (non-hydrogen) atoms. The van der Waals surface area contributed by atoms with E-state index >= 15 is 0 Å². The van der Waals surface area contributed by atoms with E-state index < -0.39 is 4.92 Å². The number of fused-ring (bicyclic) bond motifs is 1. The Hall–Kier alpha value is -2.95. The van der Waals surface area contributed by atoms with Gasteiger partial charge in [0.2, 0.25) is 0 Å². The van der Waals surface area contributed by atoms with Gasteiger partial charge in [0.1, 0.15) is 5.52 Å². The molecule has 2 aromatic carbocycles. The number of ketones is 1. The van der Waals surface area contributed by atoms with Crippen molar-refractivity contribution in [2.75, 3.05) is 0 Å². The normalized spacial score (nSPS) is 10.7. The van der Waals surface area contributed by atoms with Crippen LogP contribution in [-0.4, -0.2) is 15.7 Å². The van der Waals surface area contributed by atoms with Crippen LogP contribution in [0.4, 0.5) is 5.69 Å². The first-order chi connectivity index (χ1) is 10.1. The molecular weight excluding hydrogens is 268 g/mol. The number of carbonyl (C=O) groups is 1. The fraction of sp³-hybridized carbons (Fsp3) is 0.0625. The molecule has 0 spiro atoms. The average Bonchev–Trinajstić information content (AvgIpc) is 2.90. The van der Waals surface area contributed by atoms with E-state index in [2.05, 4.69) is 4.98 Å². The summed E-state index contributed by atoms with van der Waals surface area (Å²) < 4.78 is 0. The molecule has 0 saturated heterocycles. The molecular formula is C16H12N2O3. The maximum absolute atomic E-state index is 12.6. The van der Waals surface area contributed by atoms with Gasteiger partial charge in [-0.25, -0.2) is 0 Å². The summed E-state index contributed by atoms with van der Waals surface area (Å²) in [5.41, 5.74) is 2.27. The van der Waals surface area contributed by atoms with Gasteiger partial charge in [-0.15, -0.1) is 0 Å². The first kappa shape index (κ1) is 13.1. The number of non-ortho nitro benzene ring substituents is 1. The summed E-state index contributed by atoms with van der Waals surface area (Å²) in [6, 6.07) is 12.0. The summed E-state index contributed by atoms with van der Waals surface area (Å²) >= 11 is 0. The van der Waals surface area contributed by atoms with Gasteiger partial charge < -0.3 is 4.98 Å². The van der Waals surface area contributed by atoms with Crippen molar-refractivity contribution in [3.8, 4) is 0 Å². The number of benzene rings is 2. The highest BCUT2D eigenvalue weighted by Crippen LogP contribution is 2.28. The summed E-state index contributed by atoms with van der Waals surface area (Å²) in [6.45, 7) is 1.87.